The third-order valence-corrected chi connectivity index (χ3v) is 4.57. The van der Waals surface area contributed by atoms with Gasteiger partial charge in [0, 0.05) is 12.1 Å². The maximum absolute atomic E-state index is 13.1. The molecule has 1 aromatic rings. The second-order valence-electron chi connectivity index (χ2n) is 6.05. The van der Waals surface area contributed by atoms with Crippen molar-refractivity contribution in [1.29, 1.82) is 0 Å². The third-order valence-electron chi connectivity index (χ3n) is 4.57. The summed E-state index contributed by atoms with van der Waals surface area (Å²) in [4.78, 5) is 15.1. The molecule has 4 nitrogen and oxygen atoms in total. The molecule has 1 amide bonds. The predicted molar refractivity (Wildman–Crippen MR) is 82.2 cm³/mol. The molecular weight excluding hydrogens is 264 g/mol. The summed E-state index contributed by atoms with van der Waals surface area (Å²) >= 11 is 0. The molecule has 0 spiro atoms. The van der Waals surface area contributed by atoms with Gasteiger partial charge in [0.2, 0.25) is 5.91 Å². The van der Waals surface area contributed by atoms with Crippen LogP contribution in [0.1, 0.15) is 38.2 Å². The number of amides is 1. The Kier molecular flexibility index (Phi) is 4.15. The fourth-order valence-corrected chi connectivity index (χ4v) is 3.54. The minimum atomic E-state index is -0.339. The van der Waals surface area contributed by atoms with Gasteiger partial charge in [-0.2, -0.15) is 0 Å². The highest BCUT2D eigenvalue weighted by Gasteiger charge is 2.42. The van der Waals surface area contributed by atoms with E-state index >= 15 is 0 Å². The summed E-state index contributed by atoms with van der Waals surface area (Å²) < 4.78 is 5.77. The first-order valence-corrected chi connectivity index (χ1v) is 8.00. The van der Waals surface area contributed by atoms with Gasteiger partial charge < -0.3 is 15.0 Å². The lowest BCUT2D eigenvalue weighted by Gasteiger charge is -2.33. The fraction of sp³-hybridized carbons (Fsp3) is 0.588. The Balaban J connectivity index is 1.81. The number of rotatable bonds is 3. The minimum Gasteiger partial charge on any atom is -0.491 e. The summed E-state index contributed by atoms with van der Waals surface area (Å²) in [6.07, 6.45) is 4.00. The maximum Gasteiger partial charge on any atom is 0.243 e. The number of benzene rings is 1. The standard InChI is InChI=1S/C17H24N2O2/c1-2-8-17(9-5-10-18-17)16(20)19-11-12-21-15-7-4-3-6-14(15)13-19/h3-4,6-7,18H,2,5,8-13H2,1H3. The molecule has 21 heavy (non-hydrogen) atoms. The summed E-state index contributed by atoms with van der Waals surface area (Å²) in [6, 6.07) is 8.02. The molecule has 1 N–H and O–H groups in total. The number of hydrogen-bond donors (Lipinski definition) is 1. The van der Waals surface area contributed by atoms with Crippen LogP contribution >= 0.6 is 0 Å². The van der Waals surface area contributed by atoms with E-state index < -0.39 is 0 Å². The Morgan fingerprint density at radius 3 is 3.05 bits per heavy atom. The van der Waals surface area contributed by atoms with E-state index in [9.17, 15) is 4.79 Å². The summed E-state index contributed by atoms with van der Waals surface area (Å²) in [5.74, 6) is 1.17. The topological polar surface area (TPSA) is 41.6 Å². The number of nitrogens with one attached hydrogen (secondary N) is 1. The van der Waals surface area contributed by atoms with E-state index in [0.29, 0.717) is 19.7 Å². The molecule has 4 heteroatoms. The van der Waals surface area contributed by atoms with Crippen LogP contribution in [-0.2, 0) is 11.3 Å². The average Bonchev–Trinajstić information content (AvgIpc) is 2.86. The molecule has 0 bridgehead atoms. The molecule has 1 atom stereocenters. The lowest BCUT2D eigenvalue weighted by molar-refractivity contribution is -0.139. The lowest BCUT2D eigenvalue weighted by Crippen LogP contribution is -2.55. The van der Waals surface area contributed by atoms with Crippen molar-refractivity contribution in [2.24, 2.45) is 0 Å². The van der Waals surface area contributed by atoms with Gasteiger partial charge in [0.05, 0.1) is 12.1 Å². The van der Waals surface area contributed by atoms with Crippen LogP contribution in [0.4, 0.5) is 0 Å². The van der Waals surface area contributed by atoms with Crippen molar-refractivity contribution in [1.82, 2.24) is 10.2 Å². The Labute approximate surface area is 126 Å². The van der Waals surface area contributed by atoms with E-state index in [2.05, 4.69) is 18.3 Å². The maximum atomic E-state index is 13.1. The Morgan fingerprint density at radius 2 is 2.29 bits per heavy atom. The van der Waals surface area contributed by atoms with E-state index in [-0.39, 0.29) is 11.4 Å². The number of carbonyl (C=O) groups is 1. The Hall–Kier alpha value is -1.55. The zero-order valence-electron chi connectivity index (χ0n) is 12.7. The second kappa shape index (κ2) is 6.06. The molecule has 0 aromatic heterocycles. The van der Waals surface area contributed by atoms with Gasteiger partial charge in [-0.15, -0.1) is 0 Å². The molecule has 3 rings (SSSR count). The van der Waals surface area contributed by atoms with Crippen molar-refractivity contribution < 1.29 is 9.53 Å². The van der Waals surface area contributed by atoms with E-state index in [1.54, 1.807) is 0 Å². The van der Waals surface area contributed by atoms with Gasteiger partial charge in [0.15, 0.2) is 0 Å². The summed E-state index contributed by atoms with van der Waals surface area (Å²) in [7, 11) is 0. The molecule has 1 fully saturated rings. The highest BCUT2D eigenvalue weighted by Crippen LogP contribution is 2.30. The van der Waals surface area contributed by atoms with E-state index in [1.807, 2.05) is 23.1 Å². The Morgan fingerprint density at radius 1 is 1.43 bits per heavy atom. The predicted octanol–water partition coefficient (Wildman–Crippen LogP) is 2.33. The largest absolute Gasteiger partial charge is 0.491 e. The smallest absolute Gasteiger partial charge is 0.243 e. The molecule has 114 valence electrons. The molecule has 0 aliphatic carbocycles. The van der Waals surface area contributed by atoms with Crippen LogP contribution < -0.4 is 10.1 Å². The number of nitrogens with zero attached hydrogens (tertiary/aromatic N) is 1. The molecule has 1 unspecified atom stereocenters. The molecule has 1 aromatic carbocycles. The van der Waals surface area contributed by atoms with Crippen LogP contribution in [0, 0.1) is 0 Å². The number of para-hydroxylation sites is 1. The van der Waals surface area contributed by atoms with Crippen LogP contribution in [0.15, 0.2) is 24.3 Å². The number of ether oxygens (including phenoxy) is 1. The van der Waals surface area contributed by atoms with Gasteiger partial charge in [0.1, 0.15) is 12.4 Å². The zero-order valence-corrected chi connectivity index (χ0v) is 12.7. The molecule has 2 aliphatic heterocycles. The molecule has 0 radical (unpaired) electrons. The van der Waals surface area contributed by atoms with E-state index in [0.717, 1.165) is 43.5 Å². The quantitative estimate of drug-likeness (QED) is 0.928. The van der Waals surface area contributed by atoms with Crippen LogP contribution in [-0.4, -0.2) is 36.0 Å². The van der Waals surface area contributed by atoms with Crippen molar-refractivity contribution in [3.63, 3.8) is 0 Å². The Bertz CT molecular complexity index is 509. The van der Waals surface area contributed by atoms with Crippen LogP contribution in [0.5, 0.6) is 5.75 Å². The number of hydrogen-bond acceptors (Lipinski definition) is 3. The third kappa shape index (κ3) is 2.77. The van der Waals surface area contributed by atoms with Crippen molar-refractivity contribution in [3.05, 3.63) is 29.8 Å². The number of carbonyl (C=O) groups excluding carboxylic acids is 1. The van der Waals surface area contributed by atoms with Gasteiger partial charge in [0.25, 0.3) is 0 Å². The molecule has 2 heterocycles. The summed E-state index contributed by atoms with van der Waals surface area (Å²) in [6.45, 7) is 5.00. The monoisotopic (exact) mass is 288 g/mol. The van der Waals surface area contributed by atoms with Gasteiger partial charge in [-0.1, -0.05) is 31.5 Å². The first-order chi connectivity index (χ1) is 10.2. The molecular formula is C17H24N2O2. The molecule has 1 saturated heterocycles. The van der Waals surface area contributed by atoms with Crippen molar-refractivity contribution >= 4 is 5.91 Å². The van der Waals surface area contributed by atoms with Gasteiger partial charge in [-0.05, 0) is 31.9 Å². The minimum absolute atomic E-state index is 0.252. The van der Waals surface area contributed by atoms with Gasteiger partial charge in [-0.25, -0.2) is 0 Å². The van der Waals surface area contributed by atoms with Crippen molar-refractivity contribution in [2.45, 2.75) is 44.7 Å². The zero-order chi connectivity index (χ0) is 14.7. The molecule has 0 saturated carbocycles. The highest BCUT2D eigenvalue weighted by molar-refractivity contribution is 5.87. The fourth-order valence-electron chi connectivity index (χ4n) is 3.54. The normalized spacial score (nSPS) is 25.1. The van der Waals surface area contributed by atoms with Crippen LogP contribution in [0.3, 0.4) is 0 Å². The van der Waals surface area contributed by atoms with Crippen LogP contribution in [0.25, 0.3) is 0 Å². The number of fused-ring (bicyclic) bond motifs is 1. The van der Waals surface area contributed by atoms with Crippen molar-refractivity contribution in [2.75, 3.05) is 19.7 Å². The van der Waals surface area contributed by atoms with E-state index in [4.69, 9.17) is 4.74 Å². The van der Waals surface area contributed by atoms with E-state index in [1.165, 1.54) is 0 Å². The van der Waals surface area contributed by atoms with Crippen LogP contribution in [0.2, 0.25) is 0 Å². The summed E-state index contributed by atoms with van der Waals surface area (Å²) in [5, 5.41) is 3.48. The SMILES string of the molecule is CCCC1(C(=O)N2CCOc3ccccc3C2)CCCN1. The average molecular weight is 288 g/mol. The second-order valence-corrected chi connectivity index (χ2v) is 6.05. The lowest BCUT2D eigenvalue weighted by atomic mass is 9.90. The van der Waals surface area contributed by atoms with Crippen molar-refractivity contribution in [3.8, 4) is 5.75 Å². The summed E-state index contributed by atoms with van der Waals surface area (Å²) in [5.41, 5.74) is 0.765. The first-order valence-electron chi connectivity index (χ1n) is 8.00. The van der Waals surface area contributed by atoms with Gasteiger partial charge >= 0.3 is 0 Å². The first kappa shape index (κ1) is 14.4. The molecule has 2 aliphatic rings. The highest BCUT2D eigenvalue weighted by atomic mass is 16.5. The van der Waals surface area contributed by atoms with Gasteiger partial charge in [-0.3, -0.25) is 4.79 Å².